The van der Waals surface area contributed by atoms with Gasteiger partial charge in [-0.1, -0.05) is 0 Å². The van der Waals surface area contributed by atoms with Gasteiger partial charge in [0.05, 0.1) is 5.41 Å². The van der Waals surface area contributed by atoms with Crippen molar-refractivity contribution in [1.82, 2.24) is 9.80 Å². The summed E-state index contributed by atoms with van der Waals surface area (Å²) in [6, 6.07) is -0.0108. The molecule has 0 saturated carbocycles. The molecule has 2 amide bonds. The van der Waals surface area contributed by atoms with Crippen LogP contribution in [0.25, 0.3) is 0 Å². The first kappa shape index (κ1) is 14.1. The summed E-state index contributed by atoms with van der Waals surface area (Å²) in [5.74, 6) is -0.584. The number of carbonyl (C=O) groups is 2. The zero-order valence-corrected chi connectivity index (χ0v) is 11.3. The average molecular weight is 270 g/mol. The summed E-state index contributed by atoms with van der Waals surface area (Å²) < 4.78 is 0. The third-order valence-corrected chi connectivity index (χ3v) is 4.47. The van der Waals surface area contributed by atoms with Gasteiger partial charge in [-0.25, -0.2) is 4.79 Å². The van der Waals surface area contributed by atoms with E-state index >= 15 is 0 Å². The number of nitrogens with zero attached hydrogens (tertiary/aromatic N) is 2. The minimum Gasteiger partial charge on any atom is -0.481 e. The van der Waals surface area contributed by atoms with Crippen LogP contribution in [0.3, 0.4) is 0 Å². The van der Waals surface area contributed by atoms with E-state index in [1.165, 1.54) is 0 Å². The molecule has 2 fully saturated rings. The van der Waals surface area contributed by atoms with Crippen LogP contribution in [0.2, 0.25) is 0 Å². The summed E-state index contributed by atoms with van der Waals surface area (Å²) in [5, 5.41) is 18.2. The third-order valence-electron chi connectivity index (χ3n) is 4.47. The van der Waals surface area contributed by atoms with Crippen molar-refractivity contribution >= 4 is 12.0 Å². The Morgan fingerprint density at radius 1 is 1.21 bits per heavy atom. The van der Waals surface area contributed by atoms with Crippen LogP contribution in [0.15, 0.2) is 0 Å². The Bertz CT molecular complexity index is 364. The minimum atomic E-state index is -0.777. The molecule has 6 heteroatoms. The summed E-state index contributed by atoms with van der Waals surface area (Å²) >= 11 is 0. The molecular weight excluding hydrogens is 248 g/mol. The van der Waals surface area contributed by atoms with Crippen LogP contribution in [0, 0.1) is 11.3 Å². The summed E-state index contributed by atoms with van der Waals surface area (Å²) in [6.07, 6.45) is 1.86. The first-order valence-electron chi connectivity index (χ1n) is 6.84. The van der Waals surface area contributed by atoms with Crippen molar-refractivity contribution in [2.45, 2.75) is 26.2 Å². The topological polar surface area (TPSA) is 81.1 Å². The SMILES string of the molecule is CC1(C(=O)O)CCN(C(=O)N2CCC(CO)C2)CC1. The Morgan fingerprint density at radius 3 is 2.32 bits per heavy atom. The van der Waals surface area contributed by atoms with E-state index in [1.54, 1.807) is 16.7 Å². The molecule has 2 aliphatic rings. The quantitative estimate of drug-likeness (QED) is 0.770. The van der Waals surface area contributed by atoms with Gasteiger partial charge in [0, 0.05) is 38.7 Å². The Hall–Kier alpha value is -1.30. The number of aliphatic hydroxyl groups excluding tert-OH is 1. The zero-order valence-electron chi connectivity index (χ0n) is 11.3. The van der Waals surface area contributed by atoms with Crippen molar-refractivity contribution in [3.8, 4) is 0 Å². The largest absolute Gasteiger partial charge is 0.481 e. The number of carboxylic acids is 1. The number of likely N-dealkylation sites (tertiary alicyclic amines) is 2. The lowest BCUT2D eigenvalue weighted by atomic mass is 9.80. The summed E-state index contributed by atoms with van der Waals surface area (Å²) in [7, 11) is 0. The van der Waals surface area contributed by atoms with Crippen molar-refractivity contribution in [3.05, 3.63) is 0 Å². The number of carbonyl (C=O) groups excluding carboxylic acids is 1. The van der Waals surface area contributed by atoms with E-state index in [0.717, 1.165) is 6.42 Å². The monoisotopic (exact) mass is 270 g/mol. The highest BCUT2D eigenvalue weighted by Crippen LogP contribution is 2.31. The molecule has 2 saturated heterocycles. The Morgan fingerprint density at radius 2 is 1.84 bits per heavy atom. The molecule has 0 aliphatic carbocycles. The highest BCUT2D eigenvalue weighted by atomic mass is 16.4. The molecule has 2 aliphatic heterocycles. The van der Waals surface area contributed by atoms with Gasteiger partial charge in [0.15, 0.2) is 0 Å². The number of urea groups is 1. The number of hydrogen-bond acceptors (Lipinski definition) is 3. The number of hydrogen-bond donors (Lipinski definition) is 2. The number of aliphatic carboxylic acids is 1. The molecule has 0 aromatic heterocycles. The lowest BCUT2D eigenvalue weighted by Crippen LogP contribution is -2.49. The van der Waals surface area contributed by atoms with Crippen molar-refractivity contribution in [2.75, 3.05) is 32.8 Å². The molecule has 1 atom stereocenters. The van der Waals surface area contributed by atoms with Gasteiger partial charge in [0.25, 0.3) is 0 Å². The predicted octanol–water partition coefficient (Wildman–Crippen LogP) is 0.607. The number of carboxylic acid groups (broad SMARTS) is 1. The average Bonchev–Trinajstić information content (AvgIpc) is 2.87. The zero-order chi connectivity index (χ0) is 14.0. The van der Waals surface area contributed by atoms with Crippen LogP contribution in [0.1, 0.15) is 26.2 Å². The van der Waals surface area contributed by atoms with E-state index in [0.29, 0.717) is 39.0 Å². The van der Waals surface area contributed by atoms with Gasteiger partial charge in [-0.15, -0.1) is 0 Å². The van der Waals surface area contributed by atoms with Crippen molar-refractivity contribution in [3.63, 3.8) is 0 Å². The molecule has 0 spiro atoms. The van der Waals surface area contributed by atoms with Crippen molar-refractivity contribution in [1.29, 1.82) is 0 Å². The van der Waals surface area contributed by atoms with E-state index in [1.807, 2.05) is 0 Å². The van der Waals surface area contributed by atoms with Gasteiger partial charge in [-0.3, -0.25) is 4.79 Å². The molecule has 0 radical (unpaired) electrons. The van der Waals surface area contributed by atoms with Crippen LogP contribution in [0.4, 0.5) is 4.79 Å². The standard InChI is InChI=1S/C13H22N2O4/c1-13(11(17)18)3-6-14(7-4-13)12(19)15-5-2-10(8-15)9-16/h10,16H,2-9H2,1H3,(H,17,18). The van der Waals surface area contributed by atoms with E-state index < -0.39 is 11.4 Å². The fourth-order valence-corrected chi connectivity index (χ4v) is 2.76. The summed E-state index contributed by atoms with van der Waals surface area (Å²) in [4.78, 5) is 26.9. The van der Waals surface area contributed by atoms with Crippen LogP contribution in [0.5, 0.6) is 0 Å². The minimum absolute atomic E-state index is 0.0108. The highest BCUT2D eigenvalue weighted by molar-refractivity contribution is 5.77. The lowest BCUT2D eigenvalue weighted by molar-refractivity contribution is -0.150. The maximum atomic E-state index is 12.3. The molecular formula is C13H22N2O4. The lowest BCUT2D eigenvalue weighted by Gasteiger charge is -2.38. The fourth-order valence-electron chi connectivity index (χ4n) is 2.76. The van der Waals surface area contributed by atoms with Crippen LogP contribution < -0.4 is 0 Å². The maximum Gasteiger partial charge on any atom is 0.320 e. The first-order valence-corrected chi connectivity index (χ1v) is 6.84. The van der Waals surface area contributed by atoms with Gasteiger partial charge in [0.1, 0.15) is 0 Å². The van der Waals surface area contributed by atoms with Gasteiger partial charge in [-0.05, 0) is 26.2 Å². The van der Waals surface area contributed by atoms with Crippen LogP contribution in [-0.2, 0) is 4.79 Å². The molecule has 2 rings (SSSR count). The van der Waals surface area contributed by atoms with Gasteiger partial charge >= 0.3 is 12.0 Å². The highest BCUT2D eigenvalue weighted by Gasteiger charge is 2.39. The normalized spacial score (nSPS) is 26.5. The summed E-state index contributed by atoms with van der Waals surface area (Å²) in [5.41, 5.74) is -0.699. The molecule has 0 aromatic rings. The first-order chi connectivity index (χ1) is 8.96. The Labute approximate surface area is 113 Å². The molecule has 2 heterocycles. The number of rotatable bonds is 2. The molecule has 1 unspecified atom stereocenters. The smallest absolute Gasteiger partial charge is 0.320 e. The van der Waals surface area contributed by atoms with Crippen LogP contribution >= 0.6 is 0 Å². The maximum absolute atomic E-state index is 12.3. The predicted molar refractivity (Wildman–Crippen MR) is 68.7 cm³/mol. The second-order valence-corrected chi connectivity index (χ2v) is 5.92. The number of piperidine rings is 1. The summed E-state index contributed by atoms with van der Waals surface area (Å²) in [6.45, 7) is 4.18. The Kier molecular flexibility index (Phi) is 3.99. The third kappa shape index (κ3) is 2.83. The molecule has 0 aromatic carbocycles. The molecule has 6 nitrogen and oxygen atoms in total. The van der Waals surface area contributed by atoms with Crippen LogP contribution in [-0.4, -0.2) is 64.8 Å². The van der Waals surface area contributed by atoms with Gasteiger partial charge in [-0.2, -0.15) is 0 Å². The van der Waals surface area contributed by atoms with E-state index in [4.69, 9.17) is 10.2 Å². The molecule has 19 heavy (non-hydrogen) atoms. The Balaban J connectivity index is 1.88. The van der Waals surface area contributed by atoms with Gasteiger partial charge in [0.2, 0.25) is 0 Å². The molecule has 2 N–H and O–H groups in total. The number of aliphatic hydroxyl groups is 1. The van der Waals surface area contributed by atoms with Crippen molar-refractivity contribution < 1.29 is 19.8 Å². The fraction of sp³-hybridized carbons (Fsp3) is 0.846. The molecule has 108 valence electrons. The van der Waals surface area contributed by atoms with E-state index in [9.17, 15) is 9.59 Å². The number of amides is 2. The van der Waals surface area contributed by atoms with E-state index in [-0.39, 0.29) is 18.6 Å². The second-order valence-electron chi connectivity index (χ2n) is 5.92. The van der Waals surface area contributed by atoms with Gasteiger partial charge < -0.3 is 20.0 Å². The van der Waals surface area contributed by atoms with Crippen molar-refractivity contribution in [2.24, 2.45) is 11.3 Å². The molecule has 0 bridgehead atoms. The van der Waals surface area contributed by atoms with E-state index in [2.05, 4.69) is 0 Å². The second kappa shape index (κ2) is 5.36.